The minimum atomic E-state index is -0.558. The van der Waals surface area contributed by atoms with Crippen molar-refractivity contribution in [2.45, 2.75) is 32.2 Å². The number of nitrogens with two attached hydrogens (primary N) is 1. The van der Waals surface area contributed by atoms with Gasteiger partial charge in [-0.2, -0.15) is 5.21 Å². The fourth-order valence-electron chi connectivity index (χ4n) is 2.19. The minimum Gasteiger partial charge on any atom is -0.464 e. The highest BCUT2D eigenvalue weighted by Crippen LogP contribution is 2.21. The molecule has 1 atom stereocenters. The van der Waals surface area contributed by atoms with Crippen LogP contribution < -0.4 is 5.73 Å². The molecule has 1 saturated heterocycles. The molecule has 1 aromatic heterocycles. The van der Waals surface area contributed by atoms with Crippen molar-refractivity contribution in [3.8, 4) is 0 Å². The first-order chi connectivity index (χ1) is 9.15. The summed E-state index contributed by atoms with van der Waals surface area (Å²) in [5.74, 6) is -0.722. The number of nitrogens with zero attached hydrogens (tertiary/aromatic N) is 3. The predicted molar refractivity (Wildman–Crippen MR) is 66.1 cm³/mol. The topological polar surface area (TPSA) is 114 Å². The monoisotopic (exact) mass is 267 g/mol. The first-order valence-corrected chi connectivity index (χ1v) is 6.29. The van der Waals surface area contributed by atoms with Crippen molar-refractivity contribution in [3.63, 3.8) is 0 Å². The van der Waals surface area contributed by atoms with Gasteiger partial charge in [0.05, 0.1) is 6.61 Å². The normalized spacial score (nSPS) is 19.2. The Kier molecular flexibility index (Phi) is 3.98. The summed E-state index contributed by atoms with van der Waals surface area (Å²) in [5.41, 5.74) is 5.61. The highest BCUT2D eigenvalue weighted by atomic mass is 16.5. The second kappa shape index (κ2) is 5.68. The summed E-state index contributed by atoms with van der Waals surface area (Å²) in [6, 6.07) is -0.558. The van der Waals surface area contributed by atoms with Crippen molar-refractivity contribution >= 4 is 17.7 Å². The van der Waals surface area contributed by atoms with Crippen LogP contribution in [0.15, 0.2) is 0 Å². The van der Waals surface area contributed by atoms with Crippen molar-refractivity contribution in [1.29, 1.82) is 0 Å². The molecule has 104 valence electrons. The average molecular weight is 267 g/mol. The lowest BCUT2D eigenvalue weighted by atomic mass is 10.0. The number of hydrogen-bond acceptors (Lipinski definition) is 6. The van der Waals surface area contributed by atoms with Gasteiger partial charge in [0, 0.05) is 6.54 Å². The highest BCUT2D eigenvalue weighted by Gasteiger charge is 2.35. The smallest absolute Gasteiger partial charge is 0.328 e. The molecule has 0 saturated carbocycles. The Labute approximate surface area is 110 Å². The summed E-state index contributed by atoms with van der Waals surface area (Å²) in [6.45, 7) is 2.53. The standard InChI is InChI=1S/C11H17N5O3/c1-2-19-11(18)7-5-3-4-6-16(7)10(17)8-9(12)14-15-13-8/h7H,2-6H2,1H3,(H3,12,13,14,15). The Morgan fingerprint density at radius 1 is 1.47 bits per heavy atom. The van der Waals surface area contributed by atoms with E-state index >= 15 is 0 Å². The van der Waals surface area contributed by atoms with E-state index in [2.05, 4.69) is 15.4 Å². The molecule has 0 spiro atoms. The summed E-state index contributed by atoms with van der Waals surface area (Å²) in [4.78, 5) is 25.7. The molecule has 1 amide bonds. The molecule has 0 aliphatic carbocycles. The van der Waals surface area contributed by atoms with Crippen LogP contribution >= 0.6 is 0 Å². The quantitative estimate of drug-likeness (QED) is 0.742. The third-order valence-corrected chi connectivity index (χ3v) is 3.10. The van der Waals surface area contributed by atoms with Gasteiger partial charge in [0.25, 0.3) is 5.91 Å². The predicted octanol–water partition coefficient (Wildman–Crippen LogP) is -0.0553. The first kappa shape index (κ1) is 13.3. The second-order valence-corrected chi connectivity index (χ2v) is 4.32. The van der Waals surface area contributed by atoms with Gasteiger partial charge in [0.15, 0.2) is 11.5 Å². The molecule has 8 nitrogen and oxygen atoms in total. The van der Waals surface area contributed by atoms with Gasteiger partial charge >= 0.3 is 5.97 Å². The van der Waals surface area contributed by atoms with Crippen molar-refractivity contribution in [2.75, 3.05) is 18.9 Å². The summed E-state index contributed by atoms with van der Waals surface area (Å²) >= 11 is 0. The van der Waals surface area contributed by atoms with Crippen LogP contribution in [0.25, 0.3) is 0 Å². The summed E-state index contributed by atoms with van der Waals surface area (Å²) < 4.78 is 5.00. The molecule has 0 bridgehead atoms. The largest absolute Gasteiger partial charge is 0.464 e. The Morgan fingerprint density at radius 3 is 2.89 bits per heavy atom. The number of nitrogens with one attached hydrogen (secondary N) is 1. The van der Waals surface area contributed by atoms with Gasteiger partial charge < -0.3 is 15.4 Å². The number of rotatable bonds is 3. The summed E-state index contributed by atoms with van der Waals surface area (Å²) in [6.07, 6.45) is 2.34. The first-order valence-electron chi connectivity index (χ1n) is 6.29. The number of hydrogen-bond donors (Lipinski definition) is 2. The number of anilines is 1. The van der Waals surface area contributed by atoms with Gasteiger partial charge in [0.1, 0.15) is 6.04 Å². The number of carbonyl (C=O) groups is 2. The molecular weight excluding hydrogens is 250 g/mol. The number of nitrogen functional groups attached to an aromatic ring is 1. The van der Waals surface area contributed by atoms with Crippen molar-refractivity contribution in [1.82, 2.24) is 20.3 Å². The van der Waals surface area contributed by atoms with Crippen molar-refractivity contribution in [2.24, 2.45) is 0 Å². The summed E-state index contributed by atoms with van der Waals surface area (Å²) in [5, 5.41) is 9.64. The second-order valence-electron chi connectivity index (χ2n) is 4.32. The fraction of sp³-hybridized carbons (Fsp3) is 0.636. The zero-order valence-electron chi connectivity index (χ0n) is 10.8. The van der Waals surface area contributed by atoms with Crippen LogP contribution in [0.2, 0.25) is 0 Å². The van der Waals surface area contributed by atoms with E-state index in [1.165, 1.54) is 4.90 Å². The number of H-pyrrole nitrogens is 1. The number of likely N-dealkylation sites (tertiary alicyclic amines) is 1. The summed E-state index contributed by atoms with van der Waals surface area (Å²) in [7, 11) is 0. The Morgan fingerprint density at radius 2 is 2.26 bits per heavy atom. The molecule has 1 aliphatic rings. The maximum Gasteiger partial charge on any atom is 0.328 e. The molecule has 1 unspecified atom stereocenters. The van der Waals surface area contributed by atoms with Gasteiger partial charge in [-0.15, -0.1) is 10.2 Å². The molecule has 1 fully saturated rings. The van der Waals surface area contributed by atoms with E-state index < -0.39 is 6.04 Å². The van der Waals surface area contributed by atoms with Gasteiger partial charge in [-0.25, -0.2) is 4.79 Å². The van der Waals surface area contributed by atoms with Gasteiger partial charge in [0.2, 0.25) is 0 Å². The van der Waals surface area contributed by atoms with Gasteiger partial charge in [-0.1, -0.05) is 0 Å². The molecule has 0 aromatic carbocycles. The molecular formula is C11H17N5O3. The third kappa shape index (κ3) is 2.67. The van der Waals surface area contributed by atoms with Crippen molar-refractivity contribution < 1.29 is 14.3 Å². The number of aromatic amines is 1. The lowest BCUT2D eigenvalue weighted by Gasteiger charge is -2.33. The van der Waals surface area contributed by atoms with Crippen molar-refractivity contribution in [3.05, 3.63) is 5.69 Å². The van der Waals surface area contributed by atoms with E-state index in [0.29, 0.717) is 19.6 Å². The van der Waals surface area contributed by atoms with E-state index in [9.17, 15) is 9.59 Å². The zero-order chi connectivity index (χ0) is 13.8. The molecule has 0 radical (unpaired) electrons. The van der Waals surface area contributed by atoms with Gasteiger partial charge in [-0.3, -0.25) is 4.79 Å². The van der Waals surface area contributed by atoms with Crippen LogP contribution in [-0.4, -0.2) is 51.4 Å². The van der Waals surface area contributed by atoms with E-state index in [-0.39, 0.29) is 23.4 Å². The molecule has 19 heavy (non-hydrogen) atoms. The van der Waals surface area contributed by atoms with E-state index in [1.54, 1.807) is 6.92 Å². The fourth-order valence-corrected chi connectivity index (χ4v) is 2.19. The molecule has 8 heteroatoms. The zero-order valence-corrected chi connectivity index (χ0v) is 10.8. The highest BCUT2D eigenvalue weighted by molar-refractivity contribution is 5.98. The SMILES string of the molecule is CCOC(=O)C1CCCCN1C(=O)c1n[nH]nc1N. The molecule has 2 rings (SSSR count). The van der Waals surface area contributed by atoms with Crippen LogP contribution in [-0.2, 0) is 9.53 Å². The molecule has 3 N–H and O–H groups in total. The Hall–Kier alpha value is -2.12. The lowest BCUT2D eigenvalue weighted by Crippen LogP contribution is -2.49. The number of ether oxygens (including phenoxy) is 1. The number of esters is 1. The number of amides is 1. The van der Waals surface area contributed by atoms with E-state index in [1.807, 2.05) is 0 Å². The molecule has 1 aliphatic heterocycles. The third-order valence-electron chi connectivity index (χ3n) is 3.10. The number of carbonyl (C=O) groups excluding carboxylic acids is 2. The maximum absolute atomic E-state index is 12.3. The molecule has 2 heterocycles. The van der Waals surface area contributed by atoms with Crippen LogP contribution in [0.3, 0.4) is 0 Å². The Bertz CT molecular complexity index is 473. The number of piperidine rings is 1. The number of aromatic nitrogens is 3. The van der Waals surface area contributed by atoms with Crippen LogP contribution in [0.4, 0.5) is 5.82 Å². The maximum atomic E-state index is 12.3. The minimum absolute atomic E-state index is 0.0400. The average Bonchev–Trinajstić information content (AvgIpc) is 2.84. The van der Waals surface area contributed by atoms with E-state index in [0.717, 1.165) is 12.8 Å². The molecule has 1 aromatic rings. The van der Waals surface area contributed by atoms with Crippen LogP contribution in [0, 0.1) is 0 Å². The van der Waals surface area contributed by atoms with Crippen LogP contribution in [0.1, 0.15) is 36.7 Å². The Balaban J connectivity index is 2.18. The van der Waals surface area contributed by atoms with Gasteiger partial charge in [-0.05, 0) is 26.2 Å². The van der Waals surface area contributed by atoms with Crippen LogP contribution in [0.5, 0.6) is 0 Å². The van der Waals surface area contributed by atoms with E-state index in [4.69, 9.17) is 10.5 Å². The lowest BCUT2D eigenvalue weighted by molar-refractivity contribution is -0.149.